The van der Waals surface area contributed by atoms with Crippen LogP contribution < -0.4 is 0 Å². The van der Waals surface area contributed by atoms with Crippen molar-refractivity contribution in [3.63, 3.8) is 0 Å². The summed E-state index contributed by atoms with van der Waals surface area (Å²) in [5.74, 6) is 0. The standard InChI is InChI=1S/C9H19NO2/c1-8(9(2)11-3)10-4-6-12-7-5-10/h8-9H,4-7H2,1-3H3. The molecule has 0 saturated carbocycles. The summed E-state index contributed by atoms with van der Waals surface area (Å²) in [6.07, 6.45) is 0.308. The van der Waals surface area contributed by atoms with Crippen molar-refractivity contribution in [1.82, 2.24) is 4.90 Å². The van der Waals surface area contributed by atoms with E-state index in [1.165, 1.54) is 0 Å². The summed E-state index contributed by atoms with van der Waals surface area (Å²) in [5, 5.41) is 0. The quantitative estimate of drug-likeness (QED) is 0.628. The first-order valence-electron chi connectivity index (χ1n) is 4.60. The van der Waals surface area contributed by atoms with Gasteiger partial charge in [-0.15, -0.1) is 0 Å². The van der Waals surface area contributed by atoms with E-state index in [-0.39, 0.29) is 0 Å². The summed E-state index contributed by atoms with van der Waals surface area (Å²) in [7, 11) is 1.77. The van der Waals surface area contributed by atoms with E-state index in [1.807, 2.05) is 0 Å². The molecule has 0 aliphatic carbocycles. The summed E-state index contributed by atoms with van der Waals surface area (Å²) in [5.41, 5.74) is 0. The smallest absolute Gasteiger partial charge is 0.0695 e. The molecule has 0 radical (unpaired) electrons. The van der Waals surface area contributed by atoms with Crippen LogP contribution in [0.5, 0.6) is 0 Å². The Kier molecular flexibility index (Phi) is 3.98. The van der Waals surface area contributed by atoms with E-state index in [9.17, 15) is 0 Å². The molecule has 2 atom stereocenters. The van der Waals surface area contributed by atoms with E-state index in [2.05, 4.69) is 18.7 Å². The molecule has 0 bridgehead atoms. The summed E-state index contributed by atoms with van der Waals surface area (Å²) in [6.45, 7) is 8.12. The van der Waals surface area contributed by atoms with Crippen molar-refractivity contribution >= 4 is 0 Å². The molecule has 1 saturated heterocycles. The first-order chi connectivity index (χ1) is 5.75. The molecular weight excluding hydrogens is 154 g/mol. The molecule has 0 N–H and O–H groups in total. The Bertz CT molecular complexity index is 124. The number of ether oxygens (including phenoxy) is 2. The van der Waals surface area contributed by atoms with E-state index in [0.717, 1.165) is 26.3 Å². The van der Waals surface area contributed by atoms with E-state index < -0.39 is 0 Å². The molecule has 0 amide bonds. The fourth-order valence-electron chi connectivity index (χ4n) is 1.48. The number of methoxy groups -OCH3 is 1. The topological polar surface area (TPSA) is 21.7 Å². The minimum Gasteiger partial charge on any atom is -0.380 e. The molecule has 0 aromatic rings. The van der Waals surface area contributed by atoms with Gasteiger partial charge in [-0.3, -0.25) is 4.90 Å². The van der Waals surface area contributed by atoms with Gasteiger partial charge in [-0.05, 0) is 13.8 Å². The van der Waals surface area contributed by atoms with Gasteiger partial charge in [0.25, 0.3) is 0 Å². The Morgan fingerprint density at radius 2 is 1.83 bits per heavy atom. The van der Waals surface area contributed by atoms with E-state index in [1.54, 1.807) is 7.11 Å². The fourth-order valence-corrected chi connectivity index (χ4v) is 1.48. The van der Waals surface area contributed by atoms with Crippen LogP contribution in [0.15, 0.2) is 0 Å². The van der Waals surface area contributed by atoms with Crippen LogP contribution in [0.4, 0.5) is 0 Å². The van der Waals surface area contributed by atoms with Crippen molar-refractivity contribution in [1.29, 1.82) is 0 Å². The molecule has 3 nitrogen and oxygen atoms in total. The predicted octanol–water partition coefficient (Wildman–Crippen LogP) is 0.742. The monoisotopic (exact) mass is 173 g/mol. The highest BCUT2D eigenvalue weighted by Crippen LogP contribution is 2.08. The maximum Gasteiger partial charge on any atom is 0.0695 e. The fraction of sp³-hybridized carbons (Fsp3) is 1.00. The molecule has 1 aliphatic rings. The lowest BCUT2D eigenvalue weighted by atomic mass is 10.1. The average molecular weight is 173 g/mol. The van der Waals surface area contributed by atoms with Crippen LogP contribution in [0.25, 0.3) is 0 Å². The first kappa shape index (κ1) is 9.96. The highest BCUT2D eigenvalue weighted by atomic mass is 16.5. The number of rotatable bonds is 3. The van der Waals surface area contributed by atoms with Crippen molar-refractivity contribution in [3.8, 4) is 0 Å². The second-order valence-electron chi connectivity index (χ2n) is 3.33. The molecule has 0 aromatic heterocycles. The van der Waals surface area contributed by atoms with Crippen molar-refractivity contribution in [2.45, 2.75) is 26.0 Å². The zero-order valence-corrected chi connectivity index (χ0v) is 8.25. The zero-order chi connectivity index (χ0) is 8.97. The van der Waals surface area contributed by atoms with Crippen LogP contribution in [-0.4, -0.2) is 50.5 Å². The van der Waals surface area contributed by atoms with Crippen molar-refractivity contribution < 1.29 is 9.47 Å². The Hall–Kier alpha value is -0.120. The molecule has 2 unspecified atom stereocenters. The van der Waals surface area contributed by atoms with Gasteiger partial charge in [-0.25, -0.2) is 0 Å². The Morgan fingerprint density at radius 3 is 2.33 bits per heavy atom. The van der Waals surface area contributed by atoms with Gasteiger partial charge in [-0.2, -0.15) is 0 Å². The number of hydrogen-bond acceptors (Lipinski definition) is 3. The zero-order valence-electron chi connectivity index (χ0n) is 8.25. The third kappa shape index (κ3) is 2.44. The van der Waals surface area contributed by atoms with E-state index in [4.69, 9.17) is 9.47 Å². The van der Waals surface area contributed by atoms with Crippen molar-refractivity contribution in [2.75, 3.05) is 33.4 Å². The average Bonchev–Trinajstić information content (AvgIpc) is 2.17. The molecule has 1 fully saturated rings. The lowest BCUT2D eigenvalue weighted by Crippen LogP contribution is -2.47. The van der Waals surface area contributed by atoms with Gasteiger partial charge in [0, 0.05) is 26.2 Å². The Labute approximate surface area is 74.6 Å². The minimum absolute atomic E-state index is 0.308. The molecule has 12 heavy (non-hydrogen) atoms. The van der Waals surface area contributed by atoms with Crippen LogP contribution in [0.2, 0.25) is 0 Å². The van der Waals surface area contributed by atoms with Gasteiger partial charge in [0.15, 0.2) is 0 Å². The molecule has 1 aliphatic heterocycles. The first-order valence-corrected chi connectivity index (χ1v) is 4.60. The number of nitrogens with zero attached hydrogens (tertiary/aromatic N) is 1. The molecule has 1 rings (SSSR count). The molecular formula is C9H19NO2. The molecule has 0 spiro atoms. The van der Waals surface area contributed by atoms with Crippen LogP contribution in [0, 0.1) is 0 Å². The summed E-state index contributed by atoms with van der Waals surface area (Å²) in [6, 6.07) is 0.499. The number of morpholine rings is 1. The molecule has 0 aromatic carbocycles. The van der Waals surface area contributed by atoms with Crippen LogP contribution >= 0.6 is 0 Å². The Morgan fingerprint density at radius 1 is 1.25 bits per heavy atom. The highest BCUT2D eigenvalue weighted by Gasteiger charge is 2.21. The number of hydrogen-bond donors (Lipinski definition) is 0. The third-order valence-corrected chi connectivity index (χ3v) is 2.67. The van der Waals surface area contributed by atoms with Gasteiger partial charge < -0.3 is 9.47 Å². The van der Waals surface area contributed by atoms with Gasteiger partial charge >= 0.3 is 0 Å². The second kappa shape index (κ2) is 4.80. The van der Waals surface area contributed by atoms with Gasteiger partial charge in [-0.1, -0.05) is 0 Å². The van der Waals surface area contributed by atoms with Crippen LogP contribution in [-0.2, 0) is 9.47 Å². The third-order valence-electron chi connectivity index (χ3n) is 2.67. The summed E-state index contributed by atoms with van der Waals surface area (Å²) in [4.78, 5) is 2.41. The SMILES string of the molecule is COC(C)C(C)N1CCOCC1. The van der Waals surface area contributed by atoms with Gasteiger partial charge in [0.2, 0.25) is 0 Å². The summed E-state index contributed by atoms with van der Waals surface area (Å²) < 4.78 is 10.6. The largest absolute Gasteiger partial charge is 0.380 e. The Balaban J connectivity index is 2.33. The summed E-state index contributed by atoms with van der Waals surface area (Å²) >= 11 is 0. The van der Waals surface area contributed by atoms with Crippen LogP contribution in [0.3, 0.4) is 0 Å². The maximum absolute atomic E-state index is 5.28. The van der Waals surface area contributed by atoms with E-state index >= 15 is 0 Å². The molecule has 1 heterocycles. The predicted molar refractivity (Wildman–Crippen MR) is 48.3 cm³/mol. The van der Waals surface area contributed by atoms with E-state index in [0.29, 0.717) is 12.1 Å². The second-order valence-corrected chi connectivity index (χ2v) is 3.33. The molecule has 3 heteroatoms. The van der Waals surface area contributed by atoms with Gasteiger partial charge in [0.1, 0.15) is 0 Å². The van der Waals surface area contributed by atoms with Gasteiger partial charge in [0.05, 0.1) is 19.3 Å². The highest BCUT2D eigenvalue weighted by molar-refractivity contribution is 4.74. The lowest BCUT2D eigenvalue weighted by Gasteiger charge is -2.34. The minimum atomic E-state index is 0.308. The lowest BCUT2D eigenvalue weighted by molar-refractivity contribution is -0.0235. The van der Waals surface area contributed by atoms with Crippen molar-refractivity contribution in [2.24, 2.45) is 0 Å². The van der Waals surface area contributed by atoms with Crippen LogP contribution in [0.1, 0.15) is 13.8 Å². The van der Waals surface area contributed by atoms with Crippen molar-refractivity contribution in [3.05, 3.63) is 0 Å². The normalized spacial score (nSPS) is 25.2. The molecule has 72 valence electrons. The maximum atomic E-state index is 5.28.